The fraction of sp³-hybridized carbons (Fsp3) is 0.647. The van der Waals surface area contributed by atoms with E-state index in [0.717, 1.165) is 24.3 Å². The average molecular weight is 261 g/mol. The highest BCUT2D eigenvalue weighted by molar-refractivity contribution is 5.33. The van der Waals surface area contributed by atoms with E-state index in [1.807, 2.05) is 0 Å². The van der Waals surface area contributed by atoms with Gasteiger partial charge >= 0.3 is 0 Å². The van der Waals surface area contributed by atoms with E-state index in [1.54, 1.807) is 0 Å². The normalized spacial score (nSPS) is 28.6. The van der Waals surface area contributed by atoms with Gasteiger partial charge in [-0.1, -0.05) is 37.1 Å². The molecule has 0 heterocycles. The Morgan fingerprint density at radius 2 is 2.16 bits per heavy atom. The average Bonchev–Trinajstić information content (AvgIpc) is 2.85. The van der Waals surface area contributed by atoms with E-state index >= 15 is 0 Å². The third kappa shape index (κ3) is 2.70. The highest BCUT2D eigenvalue weighted by Gasteiger charge is 2.43. The number of aryl methyl sites for hydroxylation is 2. The second-order valence-electron chi connectivity index (χ2n) is 6.35. The first-order valence-electron chi connectivity index (χ1n) is 7.47. The van der Waals surface area contributed by atoms with Crippen LogP contribution in [0.15, 0.2) is 18.2 Å². The molecule has 1 saturated carbocycles. The summed E-state index contributed by atoms with van der Waals surface area (Å²) in [5.74, 6) is 0.725. The van der Waals surface area contributed by atoms with Crippen molar-refractivity contribution >= 4 is 0 Å². The first-order valence-corrected chi connectivity index (χ1v) is 7.47. The lowest BCUT2D eigenvalue weighted by atomic mass is 9.75. The van der Waals surface area contributed by atoms with Crippen molar-refractivity contribution < 1.29 is 5.11 Å². The quantitative estimate of drug-likeness (QED) is 0.871. The molecule has 0 aromatic heterocycles. The minimum atomic E-state index is -0.422. The molecule has 1 aromatic carbocycles. The summed E-state index contributed by atoms with van der Waals surface area (Å²) in [7, 11) is 0. The van der Waals surface area contributed by atoms with Gasteiger partial charge in [0.05, 0.1) is 6.10 Å². The molecular formula is C17H27NO. The van der Waals surface area contributed by atoms with E-state index in [2.05, 4.69) is 39.0 Å². The van der Waals surface area contributed by atoms with Crippen molar-refractivity contribution in [2.24, 2.45) is 17.1 Å². The summed E-state index contributed by atoms with van der Waals surface area (Å²) in [5, 5.41) is 10.9. The molecule has 2 heteroatoms. The molecule has 3 N–H and O–H groups in total. The van der Waals surface area contributed by atoms with Crippen LogP contribution >= 0.6 is 0 Å². The Kier molecular flexibility index (Phi) is 4.32. The largest absolute Gasteiger partial charge is 0.388 e. The molecule has 19 heavy (non-hydrogen) atoms. The first-order chi connectivity index (χ1) is 9.02. The zero-order chi connectivity index (χ0) is 14.0. The van der Waals surface area contributed by atoms with E-state index < -0.39 is 6.10 Å². The van der Waals surface area contributed by atoms with Crippen molar-refractivity contribution in [3.8, 4) is 0 Å². The Labute approximate surface area is 117 Å². The lowest BCUT2D eigenvalue weighted by Gasteiger charge is -2.34. The van der Waals surface area contributed by atoms with E-state index in [-0.39, 0.29) is 5.41 Å². The Bertz CT molecular complexity index is 443. The van der Waals surface area contributed by atoms with Gasteiger partial charge in [0.2, 0.25) is 0 Å². The summed E-state index contributed by atoms with van der Waals surface area (Å²) in [6, 6.07) is 6.32. The molecule has 0 amide bonds. The molecule has 1 fully saturated rings. The number of benzene rings is 1. The van der Waals surface area contributed by atoms with Crippen molar-refractivity contribution in [3.63, 3.8) is 0 Å². The third-order valence-electron chi connectivity index (χ3n) is 5.04. The van der Waals surface area contributed by atoms with Gasteiger partial charge < -0.3 is 10.8 Å². The van der Waals surface area contributed by atoms with E-state index in [1.165, 1.54) is 24.0 Å². The maximum Gasteiger partial charge on any atom is 0.0861 e. The van der Waals surface area contributed by atoms with Crippen LogP contribution in [0.2, 0.25) is 0 Å². The van der Waals surface area contributed by atoms with Crippen LogP contribution in [0.1, 0.15) is 55.4 Å². The highest BCUT2D eigenvalue weighted by Crippen LogP contribution is 2.50. The molecule has 0 radical (unpaired) electrons. The van der Waals surface area contributed by atoms with Crippen LogP contribution in [-0.4, -0.2) is 11.7 Å². The Balaban J connectivity index is 2.31. The smallest absolute Gasteiger partial charge is 0.0861 e. The minimum absolute atomic E-state index is 0.112. The number of aliphatic hydroxyl groups is 1. The van der Waals surface area contributed by atoms with Gasteiger partial charge in [-0.25, -0.2) is 0 Å². The Hall–Kier alpha value is -0.860. The Morgan fingerprint density at radius 3 is 2.74 bits per heavy atom. The van der Waals surface area contributed by atoms with E-state index in [4.69, 9.17) is 5.73 Å². The molecule has 106 valence electrons. The highest BCUT2D eigenvalue weighted by atomic mass is 16.3. The number of hydrogen-bond acceptors (Lipinski definition) is 2. The molecule has 1 aliphatic carbocycles. The third-order valence-corrected chi connectivity index (χ3v) is 5.04. The standard InChI is InChI=1S/C17H27NO/c1-4-14-7-8-17(10-14,11-18)16(19)15-9-12(2)5-6-13(15)3/h5-6,9,14,16,19H,4,7-8,10-11,18H2,1-3H3. The predicted octanol–water partition coefficient (Wildman–Crippen LogP) is 3.49. The molecule has 3 atom stereocenters. The molecule has 3 unspecified atom stereocenters. The fourth-order valence-corrected chi connectivity index (χ4v) is 3.55. The summed E-state index contributed by atoms with van der Waals surface area (Å²) in [5.41, 5.74) is 9.39. The molecule has 0 spiro atoms. The van der Waals surface area contributed by atoms with Crippen molar-refractivity contribution in [2.45, 2.75) is 52.6 Å². The van der Waals surface area contributed by atoms with Crippen molar-refractivity contribution in [3.05, 3.63) is 34.9 Å². The molecule has 1 aliphatic rings. The van der Waals surface area contributed by atoms with Crippen molar-refractivity contribution in [2.75, 3.05) is 6.54 Å². The van der Waals surface area contributed by atoms with Crippen LogP contribution in [0.5, 0.6) is 0 Å². The molecule has 2 nitrogen and oxygen atoms in total. The molecule has 2 rings (SSSR count). The van der Waals surface area contributed by atoms with E-state index in [9.17, 15) is 5.11 Å². The summed E-state index contributed by atoms with van der Waals surface area (Å²) < 4.78 is 0. The Morgan fingerprint density at radius 1 is 1.42 bits per heavy atom. The zero-order valence-electron chi connectivity index (χ0n) is 12.4. The SMILES string of the molecule is CCC1CCC(CN)(C(O)c2cc(C)ccc2C)C1. The van der Waals surface area contributed by atoms with Gasteiger partial charge in [-0.2, -0.15) is 0 Å². The second-order valence-corrected chi connectivity index (χ2v) is 6.35. The van der Waals surface area contributed by atoms with Crippen molar-refractivity contribution in [1.29, 1.82) is 0 Å². The summed E-state index contributed by atoms with van der Waals surface area (Å²) in [4.78, 5) is 0. The zero-order valence-corrected chi connectivity index (χ0v) is 12.4. The molecule has 1 aromatic rings. The predicted molar refractivity (Wildman–Crippen MR) is 80.0 cm³/mol. The molecular weight excluding hydrogens is 234 g/mol. The van der Waals surface area contributed by atoms with Crippen LogP contribution in [0.3, 0.4) is 0 Å². The van der Waals surface area contributed by atoms with Crippen LogP contribution in [0.25, 0.3) is 0 Å². The number of nitrogens with two attached hydrogens (primary N) is 1. The maximum atomic E-state index is 10.9. The van der Waals surface area contributed by atoms with Crippen molar-refractivity contribution in [1.82, 2.24) is 0 Å². The van der Waals surface area contributed by atoms with Gasteiger partial charge in [0.25, 0.3) is 0 Å². The first kappa shape index (κ1) is 14.5. The topological polar surface area (TPSA) is 46.2 Å². The van der Waals surface area contributed by atoms with Crippen LogP contribution in [-0.2, 0) is 0 Å². The molecule has 0 aliphatic heterocycles. The summed E-state index contributed by atoms with van der Waals surface area (Å²) in [6.07, 6.45) is 4.09. The number of rotatable bonds is 4. The lowest BCUT2D eigenvalue weighted by Crippen LogP contribution is -2.35. The van der Waals surface area contributed by atoms with Crippen LogP contribution < -0.4 is 5.73 Å². The molecule has 0 saturated heterocycles. The van der Waals surface area contributed by atoms with Crippen LogP contribution in [0.4, 0.5) is 0 Å². The van der Waals surface area contributed by atoms with E-state index in [0.29, 0.717) is 6.54 Å². The van der Waals surface area contributed by atoms with Gasteiger partial charge in [0, 0.05) is 12.0 Å². The number of aliphatic hydroxyl groups excluding tert-OH is 1. The number of hydrogen-bond donors (Lipinski definition) is 2. The monoisotopic (exact) mass is 261 g/mol. The summed E-state index contributed by atoms with van der Waals surface area (Å²) in [6.45, 7) is 6.97. The van der Waals surface area contributed by atoms with Crippen LogP contribution in [0, 0.1) is 25.2 Å². The van der Waals surface area contributed by atoms with Gasteiger partial charge in [-0.05, 0) is 50.2 Å². The summed E-state index contributed by atoms with van der Waals surface area (Å²) >= 11 is 0. The van der Waals surface area contributed by atoms with Gasteiger partial charge in [0.1, 0.15) is 0 Å². The van der Waals surface area contributed by atoms with Gasteiger partial charge in [-0.15, -0.1) is 0 Å². The molecule has 0 bridgehead atoms. The van der Waals surface area contributed by atoms with Gasteiger partial charge in [-0.3, -0.25) is 0 Å². The van der Waals surface area contributed by atoms with Gasteiger partial charge in [0.15, 0.2) is 0 Å². The second kappa shape index (κ2) is 5.64. The maximum absolute atomic E-state index is 10.9. The lowest BCUT2D eigenvalue weighted by molar-refractivity contribution is 0.0296. The minimum Gasteiger partial charge on any atom is -0.388 e. The fourth-order valence-electron chi connectivity index (χ4n) is 3.55.